The maximum absolute atomic E-state index is 5.27. The maximum atomic E-state index is 5.27. The number of nitrogens with zero attached hydrogens (tertiary/aromatic N) is 1. The molecule has 1 atom stereocenters. The van der Waals surface area contributed by atoms with Gasteiger partial charge in [0.05, 0.1) is 0 Å². The van der Waals surface area contributed by atoms with Crippen LogP contribution >= 0.6 is 0 Å². The van der Waals surface area contributed by atoms with Gasteiger partial charge in [-0.05, 0) is 19.1 Å². The molecule has 0 saturated heterocycles. The lowest BCUT2D eigenvalue weighted by molar-refractivity contribution is 0.190. The number of rotatable bonds is 1. The molecule has 2 heteroatoms. The summed E-state index contributed by atoms with van der Waals surface area (Å²) in [5.74, 6) is 0. The second kappa shape index (κ2) is 2.89. The van der Waals surface area contributed by atoms with E-state index < -0.39 is 0 Å². The first-order valence-corrected chi connectivity index (χ1v) is 4.03. The summed E-state index contributed by atoms with van der Waals surface area (Å²) in [5, 5.41) is 0. The molecule has 1 heterocycles. The van der Waals surface area contributed by atoms with Crippen molar-refractivity contribution >= 4 is 5.69 Å². The molecule has 1 aromatic carbocycles. The van der Waals surface area contributed by atoms with Crippen molar-refractivity contribution in [1.29, 1.82) is 0 Å². The SMILES string of the molecule is CC1OC=CN1c1ccccc1. The lowest BCUT2D eigenvalue weighted by atomic mass is 10.3. The van der Waals surface area contributed by atoms with Gasteiger partial charge in [-0.3, -0.25) is 0 Å². The quantitative estimate of drug-likeness (QED) is 0.626. The highest BCUT2D eigenvalue weighted by Gasteiger charge is 2.15. The molecular formula is C10H11NO. The topological polar surface area (TPSA) is 12.5 Å². The molecule has 12 heavy (non-hydrogen) atoms. The van der Waals surface area contributed by atoms with Crippen molar-refractivity contribution in [2.24, 2.45) is 0 Å². The monoisotopic (exact) mass is 161 g/mol. The van der Waals surface area contributed by atoms with Crippen molar-refractivity contribution in [3.05, 3.63) is 42.8 Å². The van der Waals surface area contributed by atoms with Crippen LogP contribution in [0, 0.1) is 0 Å². The van der Waals surface area contributed by atoms with Gasteiger partial charge in [0.25, 0.3) is 0 Å². The zero-order chi connectivity index (χ0) is 8.39. The lowest BCUT2D eigenvalue weighted by Crippen LogP contribution is -2.23. The van der Waals surface area contributed by atoms with Crippen molar-refractivity contribution in [2.75, 3.05) is 4.90 Å². The predicted molar refractivity (Wildman–Crippen MR) is 48.6 cm³/mol. The van der Waals surface area contributed by atoms with Gasteiger partial charge in [0.15, 0.2) is 6.23 Å². The van der Waals surface area contributed by atoms with E-state index in [-0.39, 0.29) is 6.23 Å². The van der Waals surface area contributed by atoms with E-state index in [4.69, 9.17) is 4.74 Å². The van der Waals surface area contributed by atoms with Crippen molar-refractivity contribution in [3.8, 4) is 0 Å². The van der Waals surface area contributed by atoms with Crippen LogP contribution in [0.5, 0.6) is 0 Å². The highest BCUT2D eigenvalue weighted by Crippen LogP contribution is 2.20. The van der Waals surface area contributed by atoms with Crippen molar-refractivity contribution in [1.82, 2.24) is 0 Å². The summed E-state index contributed by atoms with van der Waals surface area (Å²) in [6, 6.07) is 10.2. The first kappa shape index (κ1) is 7.22. The lowest BCUT2D eigenvalue weighted by Gasteiger charge is -2.20. The van der Waals surface area contributed by atoms with Crippen LogP contribution in [0.25, 0.3) is 0 Å². The first-order valence-electron chi connectivity index (χ1n) is 4.03. The summed E-state index contributed by atoms with van der Waals surface area (Å²) in [5.41, 5.74) is 1.17. The fourth-order valence-corrected chi connectivity index (χ4v) is 1.30. The summed E-state index contributed by atoms with van der Waals surface area (Å²) < 4.78 is 5.27. The molecule has 1 unspecified atom stereocenters. The minimum Gasteiger partial charge on any atom is -0.477 e. The van der Waals surface area contributed by atoms with Crippen LogP contribution in [0.2, 0.25) is 0 Å². The van der Waals surface area contributed by atoms with Crippen LogP contribution < -0.4 is 4.90 Å². The van der Waals surface area contributed by atoms with Gasteiger partial charge in [-0.15, -0.1) is 0 Å². The Morgan fingerprint density at radius 3 is 2.58 bits per heavy atom. The van der Waals surface area contributed by atoms with E-state index in [9.17, 15) is 0 Å². The fourth-order valence-electron chi connectivity index (χ4n) is 1.30. The molecule has 0 radical (unpaired) electrons. The molecule has 0 spiro atoms. The van der Waals surface area contributed by atoms with E-state index in [0.717, 1.165) is 0 Å². The number of para-hydroxylation sites is 1. The molecule has 1 aliphatic rings. The summed E-state index contributed by atoms with van der Waals surface area (Å²) in [4.78, 5) is 2.08. The number of hydrogen-bond acceptors (Lipinski definition) is 2. The Hall–Kier alpha value is -1.44. The molecule has 1 aromatic rings. The Bertz CT molecular complexity index is 281. The normalized spacial score (nSPS) is 21.1. The van der Waals surface area contributed by atoms with Crippen LogP contribution in [0.1, 0.15) is 6.92 Å². The molecule has 0 bridgehead atoms. The van der Waals surface area contributed by atoms with Crippen LogP contribution in [0.15, 0.2) is 42.8 Å². The van der Waals surface area contributed by atoms with Gasteiger partial charge in [-0.2, -0.15) is 0 Å². The number of ether oxygens (including phenoxy) is 1. The summed E-state index contributed by atoms with van der Waals surface area (Å²) in [6.45, 7) is 2.02. The molecule has 2 nitrogen and oxygen atoms in total. The van der Waals surface area contributed by atoms with E-state index in [0.29, 0.717) is 0 Å². The molecule has 0 N–H and O–H groups in total. The molecular weight excluding hydrogens is 150 g/mol. The van der Waals surface area contributed by atoms with Gasteiger partial charge in [0.2, 0.25) is 0 Å². The maximum Gasteiger partial charge on any atom is 0.172 e. The Morgan fingerprint density at radius 2 is 2.00 bits per heavy atom. The highest BCUT2D eigenvalue weighted by atomic mass is 16.5. The van der Waals surface area contributed by atoms with Crippen LogP contribution in [-0.2, 0) is 4.74 Å². The third kappa shape index (κ3) is 1.16. The second-order valence-electron chi connectivity index (χ2n) is 2.76. The standard InChI is InChI=1S/C10H11NO/c1-9-11(7-8-12-9)10-5-3-2-4-6-10/h2-9H,1H3. The molecule has 0 aromatic heterocycles. The molecule has 62 valence electrons. The van der Waals surface area contributed by atoms with Crippen molar-refractivity contribution in [3.63, 3.8) is 0 Å². The number of benzene rings is 1. The molecule has 0 aliphatic carbocycles. The van der Waals surface area contributed by atoms with E-state index >= 15 is 0 Å². The van der Waals surface area contributed by atoms with Crippen molar-refractivity contribution in [2.45, 2.75) is 13.2 Å². The minimum atomic E-state index is 0.118. The van der Waals surface area contributed by atoms with Crippen LogP contribution in [0.4, 0.5) is 5.69 Å². The van der Waals surface area contributed by atoms with E-state index in [1.165, 1.54) is 5.69 Å². The Labute approximate surface area is 72.1 Å². The van der Waals surface area contributed by atoms with Crippen LogP contribution in [-0.4, -0.2) is 6.23 Å². The molecule has 1 aliphatic heterocycles. The highest BCUT2D eigenvalue weighted by molar-refractivity contribution is 5.50. The second-order valence-corrected chi connectivity index (χ2v) is 2.76. The Kier molecular flexibility index (Phi) is 1.74. The van der Waals surface area contributed by atoms with Gasteiger partial charge in [-0.25, -0.2) is 0 Å². The summed E-state index contributed by atoms with van der Waals surface area (Å²) in [7, 11) is 0. The predicted octanol–water partition coefficient (Wildman–Crippen LogP) is 2.34. The third-order valence-electron chi connectivity index (χ3n) is 1.94. The average molecular weight is 161 g/mol. The van der Waals surface area contributed by atoms with Gasteiger partial charge in [-0.1, -0.05) is 18.2 Å². The zero-order valence-electron chi connectivity index (χ0n) is 6.97. The van der Waals surface area contributed by atoms with Crippen molar-refractivity contribution < 1.29 is 4.74 Å². The summed E-state index contributed by atoms with van der Waals surface area (Å²) in [6.07, 6.45) is 3.78. The Balaban J connectivity index is 2.25. The van der Waals surface area contributed by atoms with E-state index in [1.54, 1.807) is 6.26 Å². The van der Waals surface area contributed by atoms with Gasteiger partial charge in [0, 0.05) is 11.9 Å². The number of hydrogen-bond donors (Lipinski definition) is 0. The zero-order valence-corrected chi connectivity index (χ0v) is 6.97. The molecule has 2 rings (SSSR count). The van der Waals surface area contributed by atoms with Gasteiger partial charge < -0.3 is 9.64 Å². The largest absolute Gasteiger partial charge is 0.477 e. The molecule has 0 saturated carbocycles. The van der Waals surface area contributed by atoms with Gasteiger partial charge >= 0.3 is 0 Å². The fraction of sp³-hybridized carbons (Fsp3) is 0.200. The Morgan fingerprint density at radius 1 is 1.25 bits per heavy atom. The number of anilines is 1. The summed E-state index contributed by atoms with van der Waals surface area (Å²) >= 11 is 0. The first-order chi connectivity index (χ1) is 5.88. The van der Waals surface area contributed by atoms with E-state index in [2.05, 4.69) is 17.0 Å². The van der Waals surface area contributed by atoms with Crippen LogP contribution in [0.3, 0.4) is 0 Å². The molecule has 0 fully saturated rings. The average Bonchev–Trinajstić information content (AvgIpc) is 2.53. The third-order valence-corrected chi connectivity index (χ3v) is 1.94. The smallest absolute Gasteiger partial charge is 0.172 e. The van der Waals surface area contributed by atoms with E-state index in [1.807, 2.05) is 31.3 Å². The minimum absolute atomic E-state index is 0.118. The molecule has 0 amide bonds. The van der Waals surface area contributed by atoms with Gasteiger partial charge in [0.1, 0.15) is 6.26 Å².